The molecule has 0 aliphatic rings. The van der Waals surface area contributed by atoms with E-state index in [1.807, 2.05) is 36.5 Å². The topological polar surface area (TPSA) is 121 Å². The third-order valence-electron chi connectivity index (χ3n) is 4.44. The number of ether oxygens (including phenoxy) is 1. The first-order valence-electron chi connectivity index (χ1n) is 8.81. The second kappa shape index (κ2) is 8.71. The molecule has 0 unspecified atom stereocenters. The molecule has 2 N–H and O–H groups in total. The highest BCUT2D eigenvalue weighted by atomic mass is 16.6. The molecule has 0 saturated heterocycles. The van der Waals surface area contributed by atoms with Crippen LogP contribution in [0.5, 0.6) is 5.75 Å². The average Bonchev–Trinajstić information content (AvgIpc) is 3.14. The number of fused-ring (bicyclic) bond motifs is 1. The molecule has 1 heterocycles. The minimum absolute atomic E-state index is 0.158. The number of nitro benzene ring substituents is 1. The number of hydrogen-bond donors (Lipinski definition) is 2. The molecule has 3 aromatic rings. The molecule has 0 saturated carbocycles. The Morgan fingerprint density at radius 3 is 2.86 bits per heavy atom. The van der Waals surface area contributed by atoms with Crippen LogP contribution in [0.2, 0.25) is 0 Å². The van der Waals surface area contributed by atoms with Crippen LogP contribution in [-0.4, -0.2) is 29.5 Å². The van der Waals surface area contributed by atoms with Gasteiger partial charge in [-0.15, -0.1) is 0 Å². The number of benzene rings is 2. The summed E-state index contributed by atoms with van der Waals surface area (Å²) in [5.41, 5.74) is 2.04. The van der Waals surface area contributed by atoms with Crippen LogP contribution in [0.4, 0.5) is 5.69 Å². The molecule has 1 amide bonds. The summed E-state index contributed by atoms with van der Waals surface area (Å²) >= 11 is 0. The molecule has 29 heavy (non-hydrogen) atoms. The van der Waals surface area contributed by atoms with Crippen molar-refractivity contribution >= 4 is 28.6 Å². The van der Waals surface area contributed by atoms with Gasteiger partial charge in [-0.25, -0.2) is 0 Å². The molecule has 1 aromatic heterocycles. The van der Waals surface area contributed by atoms with E-state index >= 15 is 0 Å². The van der Waals surface area contributed by atoms with Crippen LogP contribution in [-0.2, 0) is 11.2 Å². The Bertz CT molecular complexity index is 1140. The lowest BCUT2D eigenvalue weighted by Gasteiger charge is -2.07. The minimum Gasteiger partial charge on any atom is -0.496 e. The fourth-order valence-corrected chi connectivity index (χ4v) is 3.00. The summed E-state index contributed by atoms with van der Waals surface area (Å²) in [5.74, 6) is -0.226. The van der Waals surface area contributed by atoms with Crippen LogP contribution in [0, 0.1) is 21.4 Å². The summed E-state index contributed by atoms with van der Waals surface area (Å²) in [4.78, 5) is 26.0. The van der Waals surface area contributed by atoms with Crippen molar-refractivity contribution in [2.75, 3.05) is 13.7 Å². The molecular formula is C21H18N4O4. The first-order valence-corrected chi connectivity index (χ1v) is 8.81. The lowest BCUT2D eigenvalue weighted by atomic mass is 10.1. The van der Waals surface area contributed by atoms with Crippen molar-refractivity contribution in [1.82, 2.24) is 10.3 Å². The van der Waals surface area contributed by atoms with Gasteiger partial charge in [-0.1, -0.05) is 18.2 Å². The summed E-state index contributed by atoms with van der Waals surface area (Å²) in [7, 11) is 1.41. The molecule has 0 aliphatic carbocycles. The van der Waals surface area contributed by atoms with Crippen LogP contribution < -0.4 is 10.1 Å². The van der Waals surface area contributed by atoms with E-state index < -0.39 is 10.8 Å². The molecular weight excluding hydrogens is 372 g/mol. The maximum atomic E-state index is 12.4. The molecule has 0 bridgehead atoms. The number of nitro groups is 1. The van der Waals surface area contributed by atoms with E-state index in [1.54, 1.807) is 0 Å². The zero-order chi connectivity index (χ0) is 20.8. The first kappa shape index (κ1) is 19.6. The second-order valence-corrected chi connectivity index (χ2v) is 6.22. The Kier molecular flexibility index (Phi) is 5.90. The number of amides is 1. The Labute approximate surface area is 166 Å². The van der Waals surface area contributed by atoms with Gasteiger partial charge in [0.25, 0.3) is 11.6 Å². The van der Waals surface area contributed by atoms with E-state index in [9.17, 15) is 20.2 Å². The molecule has 2 aromatic carbocycles. The van der Waals surface area contributed by atoms with Gasteiger partial charge >= 0.3 is 0 Å². The van der Waals surface area contributed by atoms with Crippen molar-refractivity contribution in [1.29, 1.82) is 5.26 Å². The summed E-state index contributed by atoms with van der Waals surface area (Å²) in [6.45, 7) is 0.339. The van der Waals surface area contributed by atoms with Gasteiger partial charge < -0.3 is 15.0 Å². The van der Waals surface area contributed by atoms with Gasteiger partial charge in [0, 0.05) is 41.3 Å². The Morgan fingerprint density at radius 1 is 1.34 bits per heavy atom. The van der Waals surface area contributed by atoms with E-state index in [0.29, 0.717) is 18.7 Å². The van der Waals surface area contributed by atoms with Crippen molar-refractivity contribution in [3.8, 4) is 11.8 Å². The zero-order valence-corrected chi connectivity index (χ0v) is 15.6. The number of nitriles is 1. The fraction of sp³-hybridized carbons (Fsp3) is 0.143. The molecule has 0 spiro atoms. The largest absolute Gasteiger partial charge is 0.496 e. The molecule has 8 nitrogen and oxygen atoms in total. The number of carbonyl (C=O) groups is 1. The van der Waals surface area contributed by atoms with E-state index in [2.05, 4.69) is 10.3 Å². The number of para-hydroxylation sites is 1. The minimum atomic E-state index is -0.555. The molecule has 0 radical (unpaired) electrons. The normalized spacial score (nSPS) is 11.1. The highest BCUT2D eigenvalue weighted by Gasteiger charge is 2.14. The van der Waals surface area contributed by atoms with Gasteiger partial charge in [-0.3, -0.25) is 14.9 Å². The van der Waals surface area contributed by atoms with Crippen LogP contribution in [0.3, 0.4) is 0 Å². The molecule has 146 valence electrons. The first-order chi connectivity index (χ1) is 14.0. The maximum Gasteiger partial charge on any atom is 0.270 e. The third kappa shape index (κ3) is 4.42. The highest BCUT2D eigenvalue weighted by Crippen LogP contribution is 2.26. The quantitative estimate of drug-likeness (QED) is 0.277. The predicted molar refractivity (Wildman–Crippen MR) is 108 cm³/mol. The van der Waals surface area contributed by atoms with Crippen LogP contribution in [0.1, 0.15) is 11.1 Å². The number of methoxy groups -OCH3 is 1. The predicted octanol–water partition coefficient (Wildman–Crippen LogP) is 3.35. The number of H-pyrrole nitrogens is 1. The zero-order valence-electron chi connectivity index (χ0n) is 15.6. The second-order valence-electron chi connectivity index (χ2n) is 6.22. The molecule has 0 aliphatic heterocycles. The van der Waals surface area contributed by atoms with Crippen LogP contribution >= 0.6 is 0 Å². The summed E-state index contributed by atoms with van der Waals surface area (Å²) < 4.78 is 5.16. The van der Waals surface area contributed by atoms with Crippen LogP contribution in [0.25, 0.3) is 17.0 Å². The molecule has 8 heteroatoms. The van der Waals surface area contributed by atoms with Gasteiger partial charge in [0.15, 0.2) is 0 Å². The number of rotatable bonds is 7. The number of hydrogen-bond acceptors (Lipinski definition) is 5. The number of non-ortho nitro benzene ring substituents is 1. The molecule has 0 atom stereocenters. The van der Waals surface area contributed by atoms with E-state index in [1.165, 1.54) is 31.4 Å². The molecule has 3 rings (SSSR count). The van der Waals surface area contributed by atoms with E-state index in [4.69, 9.17) is 4.74 Å². The van der Waals surface area contributed by atoms with Crippen molar-refractivity contribution < 1.29 is 14.5 Å². The summed E-state index contributed by atoms with van der Waals surface area (Å²) in [6.07, 6.45) is 3.77. The van der Waals surface area contributed by atoms with Gasteiger partial charge in [-0.2, -0.15) is 5.26 Å². The van der Waals surface area contributed by atoms with Crippen molar-refractivity contribution in [3.05, 3.63) is 75.5 Å². The average molecular weight is 390 g/mol. The monoisotopic (exact) mass is 390 g/mol. The lowest BCUT2D eigenvalue weighted by Crippen LogP contribution is -2.26. The Balaban J connectivity index is 1.73. The summed E-state index contributed by atoms with van der Waals surface area (Å²) in [5, 5.41) is 24.1. The van der Waals surface area contributed by atoms with E-state index in [-0.39, 0.29) is 16.8 Å². The van der Waals surface area contributed by atoms with Gasteiger partial charge in [0.2, 0.25) is 0 Å². The van der Waals surface area contributed by atoms with Gasteiger partial charge in [-0.05, 0) is 30.2 Å². The lowest BCUT2D eigenvalue weighted by molar-refractivity contribution is -0.384. The molecule has 0 fully saturated rings. The standard InChI is InChI=1S/C21H18N4O4/c1-29-20-7-6-17(25(27)28)11-15(20)10-16(12-22)21(26)23-9-8-14-13-24-19-5-3-2-4-18(14)19/h2-7,10-11,13,24H,8-9H2,1H3,(H,23,26). The highest BCUT2D eigenvalue weighted by molar-refractivity contribution is 6.02. The van der Waals surface area contributed by atoms with Crippen molar-refractivity contribution in [2.45, 2.75) is 6.42 Å². The number of nitrogens with one attached hydrogen (secondary N) is 2. The third-order valence-corrected chi connectivity index (χ3v) is 4.44. The number of carbonyl (C=O) groups excluding carboxylic acids is 1. The number of aromatic nitrogens is 1. The van der Waals surface area contributed by atoms with Crippen molar-refractivity contribution in [2.24, 2.45) is 0 Å². The number of nitrogens with zero attached hydrogens (tertiary/aromatic N) is 2. The van der Waals surface area contributed by atoms with Crippen LogP contribution in [0.15, 0.2) is 54.2 Å². The van der Waals surface area contributed by atoms with Gasteiger partial charge in [0.1, 0.15) is 17.4 Å². The fourth-order valence-electron chi connectivity index (χ4n) is 3.00. The van der Waals surface area contributed by atoms with Gasteiger partial charge in [0.05, 0.1) is 12.0 Å². The number of aromatic amines is 1. The van der Waals surface area contributed by atoms with Crippen molar-refractivity contribution in [3.63, 3.8) is 0 Å². The summed E-state index contributed by atoms with van der Waals surface area (Å²) in [6, 6.07) is 13.7. The smallest absolute Gasteiger partial charge is 0.270 e. The maximum absolute atomic E-state index is 12.4. The van der Waals surface area contributed by atoms with E-state index in [0.717, 1.165) is 16.5 Å². The Morgan fingerprint density at radius 2 is 2.14 bits per heavy atom. The SMILES string of the molecule is COc1ccc([N+](=O)[O-])cc1C=C(C#N)C(=O)NCCc1c[nH]c2ccccc12. The Hall–Kier alpha value is -4.12.